The van der Waals surface area contributed by atoms with Gasteiger partial charge in [0.15, 0.2) is 10.3 Å². The summed E-state index contributed by atoms with van der Waals surface area (Å²) in [6.45, 7) is 5.67. The molecule has 2 aromatic heterocycles. The number of rotatable bonds is 5. The van der Waals surface area contributed by atoms with Crippen molar-refractivity contribution >= 4 is 50.9 Å². The predicted molar refractivity (Wildman–Crippen MR) is 121 cm³/mol. The number of nitrogens with zero attached hydrogens (tertiary/aromatic N) is 4. The summed E-state index contributed by atoms with van der Waals surface area (Å²) in [5.74, 6) is 0.661. The molecule has 0 fully saturated rings. The van der Waals surface area contributed by atoms with Crippen molar-refractivity contribution in [2.75, 3.05) is 4.90 Å². The van der Waals surface area contributed by atoms with Crippen LogP contribution in [-0.4, -0.2) is 20.4 Å². The van der Waals surface area contributed by atoms with Gasteiger partial charge in [0.25, 0.3) is 0 Å². The Labute approximate surface area is 178 Å². The minimum atomic E-state index is -0.0393. The van der Waals surface area contributed by atoms with Crippen LogP contribution in [0.25, 0.3) is 11.0 Å². The van der Waals surface area contributed by atoms with Crippen molar-refractivity contribution in [2.45, 2.75) is 31.7 Å². The molecule has 0 aliphatic carbocycles. The minimum Gasteiger partial charge on any atom is -0.322 e. The molecule has 0 spiro atoms. The first-order valence-corrected chi connectivity index (χ1v) is 11.2. The van der Waals surface area contributed by atoms with E-state index in [2.05, 4.69) is 23.6 Å². The molecule has 0 N–H and O–H groups in total. The Bertz CT molecular complexity index is 1190. The first kappa shape index (κ1) is 19.7. The SMILES string of the molecule is CC(=O)N(c1nc(CSc2nc3ccccc3n2C)cs1)c1cccc(C)c1C. The highest BCUT2D eigenvalue weighted by atomic mass is 32.2. The summed E-state index contributed by atoms with van der Waals surface area (Å²) < 4.78 is 2.10. The van der Waals surface area contributed by atoms with Gasteiger partial charge in [-0.2, -0.15) is 0 Å². The van der Waals surface area contributed by atoms with E-state index in [-0.39, 0.29) is 5.91 Å². The summed E-state index contributed by atoms with van der Waals surface area (Å²) in [5, 5.41) is 3.68. The highest BCUT2D eigenvalue weighted by Crippen LogP contribution is 2.34. The van der Waals surface area contributed by atoms with Crippen LogP contribution in [0.1, 0.15) is 23.7 Å². The number of carbonyl (C=O) groups is 1. The van der Waals surface area contributed by atoms with Crippen LogP contribution < -0.4 is 4.90 Å². The zero-order valence-corrected chi connectivity index (χ0v) is 18.5. The maximum Gasteiger partial charge on any atom is 0.230 e. The Morgan fingerprint density at radius 3 is 2.69 bits per heavy atom. The molecule has 0 aliphatic heterocycles. The summed E-state index contributed by atoms with van der Waals surface area (Å²) in [4.78, 5) is 23.6. The minimum absolute atomic E-state index is 0.0393. The van der Waals surface area contributed by atoms with Crippen LogP contribution in [-0.2, 0) is 17.6 Å². The van der Waals surface area contributed by atoms with E-state index in [1.807, 2.05) is 49.7 Å². The molecule has 2 heterocycles. The molecule has 0 aliphatic rings. The number of para-hydroxylation sites is 2. The normalized spacial score (nSPS) is 11.2. The first-order valence-electron chi connectivity index (χ1n) is 9.31. The molecule has 7 heteroatoms. The molecule has 148 valence electrons. The fourth-order valence-corrected chi connectivity index (χ4v) is 5.11. The topological polar surface area (TPSA) is 51.0 Å². The van der Waals surface area contributed by atoms with E-state index in [0.29, 0.717) is 10.9 Å². The largest absolute Gasteiger partial charge is 0.322 e. The smallest absolute Gasteiger partial charge is 0.230 e. The van der Waals surface area contributed by atoms with Crippen molar-refractivity contribution in [3.8, 4) is 0 Å². The summed E-state index contributed by atoms with van der Waals surface area (Å²) in [5.41, 5.74) is 6.19. The summed E-state index contributed by atoms with van der Waals surface area (Å²) >= 11 is 3.15. The fourth-order valence-electron chi connectivity index (χ4n) is 3.24. The third kappa shape index (κ3) is 3.80. The molecule has 5 nitrogen and oxygen atoms in total. The lowest BCUT2D eigenvalue weighted by Gasteiger charge is -2.21. The number of thioether (sulfide) groups is 1. The van der Waals surface area contributed by atoms with Crippen molar-refractivity contribution in [3.63, 3.8) is 0 Å². The van der Waals surface area contributed by atoms with Crippen LogP contribution in [0.3, 0.4) is 0 Å². The van der Waals surface area contributed by atoms with Gasteiger partial charge in [0.1, 0.15) is 0 Å². The number of aryl methyl sites for hydroxylation is 2. The number of hydrogen-bond acceptors (Lipinski definition) is 5. The fraction of sp³-hybridized carbons (Fsp3) is 0.227. The van der Waals surface area contributed by atoms with Crippen molar-refractivity contribution in [2.24, 2.45) is 7.05 Å². The number of thiazole rings is 1. The van der Waals surface area contributed by atoms with E-state index >= 15 is 0 Å². The van der Waals surface area contributed by atoms with Crippen LogP contribution in [0.4, 0.5) is 10.8 Å². The van der Waals surface area contributed by atoms with E-state index in [1.165, 1.54) is 11.3 Å². The second-order valence-electron chi connectivity index (χ2n) is 6.93. The van der Waals surface area contributed by atoms with Crippen molar-refractivity contribution in [1.82, 2.24) is 14.5 Å². The number of hydrogen-bond donors (Lipinski definition) is 0. The first-order chi connectivity index (χ1) is 14.0. The Hall–Kier alpha value is -2.64. The predicted octanol–water partition coefficient (Wildman–Crippen LogP) is 5.62. The highest BCUT2D eigenvalue weighted by Gasteiger charge is 2.20. The summed E-state index contributed by atoms with van der Waals surface area (Å²) in [6.07, 6.45) is 0. The lowest BCUT2D eigenvalue weighted by atomic mass is 10.1. The molecule has 4 aromatic rings. The lowest BCUT2D eigenvalue weighted by molar-refractivity contribution is -0.115. The van der Waals surface area contributed by atoms with E-state index in [1.54, 1.807) is 23.6 Å². The van der Waals surface area contributed by atoms with Crippen LogP contribution in [0, 0.1) is 13.8 Å². The number of aromatic nitrogens is 3. The molecular formula is C22H22N4OS2. The molecule has 2 aromatic carbocycles. The second kappa shape index (κ2) is 8.00. The second-order valence-corrected chi connectivity index (χ2v) is 8.70. The van der Waals surface area contributed by atoms with E-state index in [4.69, 9.17) is 9.97 Å². The van der Waals surface area contributed by atoms with Gasteiger partial charge >= 0.3 is 0 Å². The highest BCUT2D eigenvalue weighted by molar-refractivity contribution is 7.98. The number of amides is 1. The van der Waals surface area contributed by atoms with Crippen LogP contribution in [0.2, 0.25) is 0 Å². The van der Waals surface area contributed by atoms with Gasteiger partial charge in [-0.25, -0.2) is 9.97 Å². The van der Waals surface area contributed by atoms with E-state index in [0.717, 1.165) is 38.7 Å². The number of imidazole rings is 1. The summed E-state index contributed by atoms with van der Waals surface area (Å²) in [7, 11) is 2.03. The van der Waals surface area contributed by atoms with Gasteiger partial charge in [-0.15, -0.1) is 11.3 Å². The van der Waals surface area contributed by atoms with Gasteiger partial charge < -0.3 is 4.57 Å². The Morgan fingerprint density at radius 1 is 1.14 bits per heavy atom. The average Bonchev–Trinajstić information content (AvgIpc) is 3.28. The standard InChI is InChI=1S/C22H22N4OS2/c1-14-8-7-11-19(15(14)2)26(16(3)27)22-23-17(13-29-22)12-28-21-24-18-9-5-6-10-20(18)25(21)4/h5-11,13H,12H2,1-4H3. The van der Waals surface area contributed by atoms with Crippen LogP contribution in [0.5, 0.6) is 0 Å². The molecule has 4 rings (SSSR count). The zero-order valence-electron chi connectivity index (χ0n) is 16.8. The maximum absolute atomic E-state index is 12.4. The van der Waals surface area contributed by atoms with Crippen molar-refractivity contribution < 1.29 is 4.79 Å². The lowest BCUT2D eigenvalue weighted by Crippen LogP contribution is -2.23. The quantitative estimate of drug-likeness (QED) is 0.392. The molecule has 0 unspecified atom stereocenters. The zero-order chi connectivity index (χ0) is 20.5. The maximum atomic E-state index is 12.4. The molecule has 0 radical (unpaired) electrons. The van der Waals surface area contributed by atoms with Crippen LogP contribution in [0.15, 0.2) is 53.0 Å². The molecule has 29 heavy (non-hydrogen) atoms. The van der Waals surface area contributed by atoms with Gasteiger partial charge in [-0.1, -0.05) is 36.0 Å². The molecule has 0 saturated carbocycles. The van der Waals surface area contributed by atoms with Gasteiger partial charge in [0, 0.05) is 25.1 Å². The molecule has 0 atom stereocenters. The Kier molecular flexibility index (Phi) is 5.43. The number of fused-ring (bicyclic) bond motifs is 1. The Morgan fingerprint density at radius 2 is 1.93 bits per heavy atom. The van der Waals surface area contributed by atoms with Crippen LogP contribution >= 0.6 is 23.1 Å². The number of benzene rings is 2. The van der Waals surface area contributed by atoms with Crippen molar-refractivity contribution in [1.29, 1.82) is 0 Å². The molecular weight excluding hydrogens is 400 g/mol. The van der Waals surface area contributed by atoms with Gasteiger partial charge in [0.2, 0.25) is 5.91 Å². The third-order valence-electron chi connectivity index (χ3n) is 4.96. The molecule has 0 saturated heterocycles. The summed E-state index contributed by atoms with van der Waals surface area (Å²) in [6, 6.07) is 14.1. The van der Waals surface area contributed by atoms with Crippen molar-refractivity contribution in [3.05, 3.63) is 64.7 Å². The van der Waals surface area contributed by atoms with Gasteiger partial charge in [-0.3, -0.25) is 9.69 Å². The number of anilines is 2. The average molecular weight is 423 g/mol. The van der Waals surface area contributed by atoms with Gasteiger partial charge in [0.05, 0.1) is 22.4 Å². The monoisotopic (exact) mass is 422 g/mol. The third-order valence-corrected chi connectivity index (χ3v) is 6.90. The van der Waals surface area contributed by atoms with Gasteiger partial charge in [-0.05, 0) is 43.2 Å². The number of carbonyl (C=O) groups excluding carboxylic acids is 1. The molecule has 1 amide bonds. The molecule has 0 bridgehead atoms. The van der Waals surface area contributed by atoms with E-state index < -0.39 is 0 Å². The Balaban J connectivity index is 1.57. The van der Waals surface area contributed by atoms with E-state index in [9.17, 15) is 4.79 Å².